The molecule has 0 bridgehead atoms. The van der Waals surface area contributed by atoms with E-state index in [0.717, 1.165) is 35.9 Å². The van der Waals surface area contributed by atoms with Crippen LogP contribution < -0.4 is 15.2 Å². The molecule has 2 aromatic carbocycles. The Morgan fingerprint density at radius 3 is 2.26 bits per heavy atom. The zero-order valence-electron chi connectivity index (χ0n) is 23.1. The average Bonchev–Trinajstić information content (AvgIpc) is 3.78. The maximum absolute atomic E-state index is 12.6. The number of anilines is 2. The molecular formula is C30H30ClF3N4O4S. The molecule has 0 radical (unpaired) electrons. The smallest absolute Gasteiger partial charge is 0.416 e. The number of nitrogens with zero attached hydrogens (tertiary/aromatic N) is 2. The van der Waals surface area contributed by atoms with Gasteiger partial charge in [0.05, 0.1) is 28.5 Å². The van der Waals surface area contributed by atoms with Crippen molar-refractivity contribution in [2.45, 2.75) is 44.1 Å². The normalized spacial score (nSPS) is 13.1. The molecule has 43 heavy (non-hydrogen) atoms. The molecule has 0 unspecified atom stereocenters. The number of nitrogens with two attached hydrogens (primary N) is 1. The molecule has 0 saturated heterocycles. The van der Waals surface area contributed by atoms with Gasteiger partial charge in [-0.15, -0.1) is 0 Å². The minimum absolute atomic E-state index is 0.00805. The van der Waals surface area contributed by atoms with Crippen LogP contribution in [-0.2, 0) is 34.2 Å². The van der Waals surface area contributed by atoms with E-state index < -0.39 is 21.8 Å². The van der Waals surface area contributed by atoms with Crippen molar-refractivity contribution in [2.75, 3.05) is 17.1 Å². The van der Waals surface area contributed by atoms with Crippen molar-refractivity contribution >= 4 is 33.3 Å². The Hall–Kier alpha value is -3.87. The van der Waals surface area contributed by atoms with Gasteiger partial charge >= 0.3 is 6.18 Å². The highest BCUT2D eigenvalue weighted by Gasteiger charge is 2.30. The SMILES string of the molecule is Cc1ccc(S(=O)(=O)Nc2cccc(COc3ccc(C(F)(F)F)cc3)n2)cc1Cl.Nc1cccc(COCC2CC2)n1. The zero-order chi connectivity index (χ0) is 31.0. The highest BCUT2D eigenvalue weighted by atomic mass is 35.5. The van der Waals surface area contributed by atoms with Gasteiger partial charge in [0.15, 0.2) is 0 Å². The Labute approximate surface area is 253 Å². The topological polar surface area (TPSA) is 116 Å². The van der Waals surface area contributed by atoms with Crippen molar-refractivity contribution in [2.24, 2.45) is 5.92 Å². The molecular weight excluding hydrogens is 605 g/mol. The van der Waals surface area contributed by atoms with Crippen molar-refractivity contribution in [1.29, 1.82) is 0 Å². The average molecular weight is 635 g/mol. The summed E-state index contributed by atoms with van der Waals surface area (Å²) >= 11 is 6.00. The number of nitrogens with one attached hydrogen (secondary N) is 1. The van der Waals surface area contributed by atoms with Gasteiger partial charge in [0, 0.05) is 11.6 Å². The first-order chi connectivity index (χ1) is 20.4. The highest BCUT2D eigenvalue weighted by molar-refractivity contribution is 7.92. The number of pyridine rings is 2. The molecule has 0 atom stereocenters. The van der Waals surface area contributed by atoms with Crippen molar-refractivity contribution in [3.8, 4) is 5.75 Å². The minimum Gasteiger partial charge on any atom is -0.487 e. The highest BCUT2D eigenvalue weighted by Crippen LogP contribution is 2.31. The van der Waals surface area contributed by atoms with Crippen LogP contribution in [0.25, 0.3) is 0 Å². The second-order valence-corrected chi connectivity index (χ2v) is 11.9. The van der Waals surface area contributed by atoms with Crippen LogP contribution in [0.15, 0.2) is 83.8 Å². The molecule has 0 spiro atoms. The third kappa shape index (κ3) is 10.1. The van der Waals surface area contributed by atoms with Gasteiger partial charge in [-0.05, 0) is 91.9 Å². The first kappa shape index (κ1) is 32.1. The van der Waals surface area contributed by atoms with Crippen LogP contribution in [0.1, 0.15) is 35.4 Å². The standard InChI is InChI=1S/C20H16ClF3N2O3S.C10H14N2O/c1-13-5-10-17(11-18(13)21)30(27,28)26-19-4-2-3-15(25-19)12-29-16-8-6-14(7-9-16)20(22,23)24;11-10-3-1-2-9(12-10)7-13-6-8-4-5-8/h2-11H,12H2,1H3,(H,25,26);1-3,8H,4-7H2,(H2,11,12). The Bertz CT molecular complexity index is 1630. The van der Waals surface area contributed by atoms with E-state index >= 15 is 0 Å². The van der Waals surface area contributed by atoms with E-state index in [1.54, 1.807) is 31.2 Å². The third-order valence-electron chi connectivity index (χ3n) is 6.20. The van der Waals surface area contributed by atoms with Crippen LogP contribution in [0.4, 0.5) is 24.8 Å². The maximum atomic E-state index is 12.6. The molecule has 3 N–H and O–H groups in total. The van der Waals surface area contributed by atoms with Crippen LogP contribution in [-0.4, -0.2) is 25.0 Å². The summed E-state index contributed by atoms with van der Waals surface area (Å²) in [6.45, 7) is 3.16. The summed E-state index contributed by atoms with van der Waals surface area (Å²) in [6, 6.07) is 18.9. The van der Waals surface area contributed by atoms with E-state index in [9.17, 15) is 21.6 Å². The number of hydrogen-bond acceptors (Lipinski definition) is 7. The lowest BCUT2D eigenvalue weighted by Gasteiger charge is -2.11. The molecule has 1 aliphatic rings. The Kier molecular flexibility index (Phi) is 10.5. The Morgan fingerprint density at radius 1 is 0.953 bits per heavy atom. The van der Waals surface area contributed by atoms with Crippen molar-refractivity contribution in [3.05, 3.63) is 106 Å². The molecule has 0 amide bonds. The molecule has 1 saturated carbocycles. The molecule has 2 heterocycles. The number of ether oxygens (including phenoxy) is 2. The number of rotatable bonds is 10. The Balaban J connectivity index is 0.000000269. The van der Waals surface area contributed by atoms with E-state index in [4.69, 9.17) is 26.8 Å². The van der Waals surface area contributed by atoms with E-state index in [-0.39, 0.29) is 23.1 Å². The monoisotopic (exact) mass is 634 g/mol. The van der Waals surface area contributed by atoms with Gasteiger partial charge in [-0.25, -0.2) is 18.4 Å². The van der Waals surface area contributed by atoms with Gasteiger partial charge in [0.25, 0.3) is 10.0 Å². The largest absolute Gasteiger partial charge is 0.487 e. The van der Waals surface area contributed by atoms with E-state index in [1.807, 2.05) is 12.1 Å². The summed E-state index contributed by atoms with van der Waals surface area (Å²) in [6.07, 6.45) is -1.78. The molecule has 13 heteroatoms. The van der Waals surface area contributed by atoms with Crippen molar-refractivity contribution in [1.82, 2.24) is 9.97 Å². The molecule has 1 aliphatic carbocycles. The summed E-state index contributed by atoms with van der Waals surface area (Å²) in [7, 11) is -3.90. The lowest BCUT2D eigenvalue weighted by Crippen LogP contribution is -2.14. The number of aryl methyl sites for hydroxylation is 1. The van der Waals surface area contributed by atoms with Gasteiger partial charge in [0.1, 0.15) is 24.0 Å². The molecule has 0 aliphatic heterocycles. The fourth-order valence-electron chi connectivity index (χ4n) is 3.64. The summed E-state index contributed by atoms with van der Waals surface area (Å²) in [5, 5.41) is 0.324. The number of sulfonamides is 1. The predicted molar refractivity (Wildman–Crippen MR) is 158 cm³/mol. The fourth-order valence-corrected chi connectivity index (χ4v) is 4.92. The van der Waals surface area contributed by atoms with E-state index in [1.165, 1.54) is 43.2 Å². The van der Waals surface area contributed by atoms with E-state index in [0.29, 0.717) is 23.1 Å². The lowest BCUT2D eigenvalue weighted by atomic mass is 10.2. The van der Waals surface area contributed by atoms with Gasteiger partial charge < -0.3 is 15.2 Å². The number of hydrogen-bond donors (Lipinski definition) is 2. The zero-order valence-corrected chi connectivity index (χ0v) is 24.7. The first-order valence-electron chi connectivity index (χ1n) is 13.2. The number of aromatic nitrogens is 2. The van der Waals surface area contributed by atoms with Gasteiger partial charge in [-0.3, -0.25) is 4.72 Å². The summed E-state index contributed by atoms with van der Waals surface area (Å²) < 4.78 is 76.2. The number of benzene rings is 2. The van der Waals surface area contributed by atoms with Gasteiger partial charge in [0.2, 0.25) is 0 Å². The van der Waals surface area contributed by atoms with Crippen LogP contribution in [0.3, 0.4) is 0 Å². The third-order valence-corrected chi connectivity index (χ3v) is 7.96. The quantitative estimate of drug-likeness (QED) is 0.192. The van der Waals surface area contributed by atoms with Crippen LogP contribution in [0.2, 0.25) is 5.02 Å². The molecule has 8 nitrogen and oxygen atoms in total. The lowest BCUT2D eigenvalue weighted by molar-refractivity contribution is -0.137. The molecule has 5 rings (SSSR count). The first-order valence-corrected chi connectivity index (χ1v) is 15.1. The van der Waals surface area contributed by atoms with Crippen molar-refractivity contribution < 1.29 is 31.1 Å². The van der Waals surface area contributed by atoms with Gasteiger partial charge in [-0.2, -0.15) is 13.2 Å². The maximum Gasteiger partial charge on any atom is 0.416 e. The second-order valence-electron chi connectivity index (χ2n) is 9.85. The Morgan fingerprint density at radius 2 is 1.63 bits per heavy atom. The summed E-state index contributed by atoms with van der Waals surface area (Å²) in [5.74, 6) is 1.67. The number of halogens is 4. The minimum atomic E-state index is -4.42. The molecule has 4 aromatic rings. The van der Waals surface area contributed by atoms with E-state index in [2.05, 4.69) is 14.7 Å². The molecule has 1 fully saturated rings. The molecule has 228 valence electrons. The number of alkyl halides is 3. The molecule has 2 aromatic heterocycles. The van der Waals surface area contributed by atoms with Crippen LogP contribution in [0, 0.1) is 12.8 Å². The second kappa shape index (κ2) is 14.1. The fraction of sp³-hybridized carbons (Fsp3) is 0.267. The van der Waals surface area contributed by atoms with Crippen molar-refractivity contribution in [3.63, 3.8) is 0 Å². The van der Waals surface area contributed by atoms with Crippen LogP contribution in [0.5, 0.6) is 5.75 Å². The summed E-state index contributed by atoms with van der Waals surface area (Å²) in [5.41, 5.74) is 6.81. The summed E-state index contributed by atoms with van der Waals surface area (Å²) in [4.78, 5) is 8.30. The van der Waals surface area contributed by atoms with Gasteiger partial charge in [-0.1, -0.05) is 29.8 Å². The predicted octanol–water partition coefficient (Wildman–Crippen LogP) is 7.03. The number of nitrogen functional groups attached to an aromatic ring is 1. The van der Waals surface area contributed by atoms with Crippen LogP contribution >= 0.6 is 11.6 Å².